The minimum absolute atomic E-state index is 0.0518. The first kappa shape index (κ1) is 18.6. The van der Waals surface area contributed by atoms with Crippen molar-refractivity contribution in [3.05, 3.63) is 65.7 Å². The molecule has 0 unspecified atom stereocenters. The van der Waals surface area contributed by atoms with Gasteiger partial charge in [-0.3, -0.25) is 4.79 Å². The fourth-order valence-corrected chi connectivity index (χ4v) is 3.88. The van der Waals surface area contributed by atoms with Crippen molar-refractivity contribution in [1.82, 2.24) is 0 Å². The van der Waals surface area contributed by atoms with E-state index in [1.165, 1.54) is 19.3 Å². The number of amides is 1. The number of nitrogens with one attached hydrogen (secondary N) is 1. The summed E-state index contributed by atoms with van der Waals surface area (Å²) in [5.74, 6) is 0.460. The number of benzene rings is 3. The van der Waals surface area contributed by atoms with E-state index >= 15 is 0 Å². The lowest BCUT2D eigenvalue weighted by atomic mass is 10.1. The molecule has 1 aliphatic rings. The molecular formula is C23H23ClN2O2. The predicted octanol–water partition coefficient (Wildman–Crippen LogP) is 5.50. The SMILES string of the molecule is O=C(COc1ccc2ccccc2c1)Nc1ccc(N2CCCCC2)c(Cl)c1. The Morgan fingerprint density at radius 3 is 2.54 bits per heavy atom. The normalized spacial score (nSPS) is 14.1. The van der Waals surface area contributed by atoms with Crippen LogP contribution in [0.25, 0.3) is 10.8 Å². The molecule has 28 heavy (non-hydrogen) atoms. The van der Waals surface area contributed by atoms with Gasteiger partial charge < -0.3 is 15.0 Å². The molecule has 0 aliphatic carbocycles. The van der Waals surface area contributed by atoms with Crippen LogP contribution in [0.2, 0.25) is 5.02 Å². The van der Waals surface area contributed by atoms with Crippen LogP contribution in [-0.4, -0.2) is 25.6 Å². The van der Waals surface area contributed by atoms with Crippen molar-refractivity contribution in [3.63, 3.8) is 0 Å². The number of ether oxygens (including phenoxy) is 1. The second-order valence-electron chi connectivity index (χ2n) is 7.06. The van der Waals surface area contributed by atoms with Crippen LogP contribution >= 0.6 is 11.6 Å². The zero-order valence-electron chi connectivity index (χ0n) is 15.7. The smallest absolute Gasteiger partial charge is 0.262 e. The molecule has 0 bridgehead atoms. The van der Waals surface area contributed by atoms with Crippen LogP contribution in [0, 0.1) is 0 Å². The van der Waals surface area contributed by atoms with Gasteiger partial charge in [-0.15, -0.1) is 0 Å². The molecular weight excluding hydrogens is 372 g/mol. The van der Waals surface area contributed by atoms with E-state index in [4.69, 9.17) is 16.3 Å². The molecule has 1 heterocycles. The Hall–Kier alpha value is -2.72. The Bertz CT molecular complexity index is 983. The average molecular weight is 395 g/mol. The van der Waals surface area contributed by atoms with Crippen molar-refractivity contribution in [3.8, 4) is 5.75 Å². The summed E-state index contributed by atoms with van der Waals surface area (Å²) >= 11 is 6.45. The summed E-state index contributed by atoms with van der Waals surface area (Å²) in [4.78, 5) is 14.6. The molecule has 1 N–H and O–H groups in total. The summed E-state index contributed by atoms with van der Waals surface area (Å²) < 4.78 is 5.64. The Morgan fingerprint density at radius 2 is 1.75 bits per heavy atom. The zero-order valence-corrected chi connectivity index (χ0v) is 16.4. The standard InChI is InChI=1S/C23H23ClN2O2/c24-21-15-19(9-11-22(21)26-12-4-1-5-13-26)25-23(27)16-28-20-10-8-17-6-2-3-7-18(17)14-20/h2-3,6-11,14-15H,1,4-5,12-13,16H2,(H,25,27). The lowest BCUT2D eigenvalue weighted by Gasteiger charge is -2.29. The fraction of sp³-hybridized carbons (Fsp3) is 0.261. The van der Waals surface area contributed by atoms with Gasteiger partial charge in [0, 0.05) is 18.8 Å². The Morgan fingerprint density at radius 1 is 0.964 bits per heavy atom. The van der Waals surface area contributed by atoms with Gasteiger partial charge >= 0.3 is 0 Å². The number of carbonyl (C=O) groups excluding carboxylic acids is 1. The first-order valence-corrected chi connectivity index (χ1v) is 10.0. The van der Waals surface area contributed by atoms with Gasteiger partial charge in [-0.2, -0.15) is 0 Å². The van der Waals surface area contributed by atoms with Gasteiger partial charge in [-0.1, -0.05) is 41.9 Å². The maximum atomic E-state index is 12.3. The van der Waals surface area contributed by atoms with E-state index in [-0.39, 0.29) is 12.5 Å². The molecule has 1 fully saturated rings. The minimum atomic E-state index is -0.213. The monoisotopic (exact) mass is 394 g/mol. The molecule has 5 heteroatoms. The number of nitrogens with zero attached hydrogens (tertiary/aromatic N) is 1. The highest BCUT2D eigenvalue weighted by molar-refractivity contribution is 6.33. The summed E-state index contributed by atoms with van der Waals surface area (Å²) in [5.41, 5.74) is 1.71. The molecule has 0 atom stereocenters. The van der Waals surface area contributed by atoms with Crippen LogP contribution in [0.5, 0.6) is 5.75 Å². The van der Waals surface area contributed by atoms with E-state index in [2.05, 4.69) is 10.2 Å². The van der Waals surface area contributed by atoms with Crippen molar-refractivity contribution >= 4 is 39.7 Å². The first-order valence-electron chi connectivity index (χ1n) is 9.65. The van der Waals surface area contributed by atoms with Gasteiger partial charge in [0.25, 0.3) is 5.91 Å². The van der Waals surface area contributed by atoms with Crippen LogP contribution in [-0.2, 0) is 4.79 Å². The molecule has 0 radical (unpaired) electrons. The fourth-order valence-electron chi connectivity index (χ4n) is 3.58. The van der Waals surface area contributed by atoms with Gasteiger partial charge in [0.1, 0.15) is 5.75 Å². The number of hydrogen-bond acceptors (Lipinski definition) is 3. The molecule has 144 valence electrons. The molecule has 0 saturated carbocycles. The van der Waals surface area contributed by atoms with Gasteiger partial charge in [0.05, 0.1) is 10.7 Å². The number of fused-ring (bicyclic) bond motifs is 1. The largest absolute Gasteiger partial charge is 0.484 e. The van der Waals surface area contributed by atoms with E-state index in [0.29, 0.717) is 16.5 Å². The van der Waals surface area contributed by atoms with Crippen LogP contribution in [0.15, 0.2) is 60.7 Å². The summed E-state index contributed by atoms with van der Waals surface area (Å²) in [6.07, 6.45) is 3.67. The summed E-state index contributed by atoms with van der Waals surface area (Å²) in [6.45, 7) is 2.01. The van der Waals surface area contributed by atoms with Crippen molar-refractivity contribution in [2.75, 3.05) is 29.9 Å². The van der Waals surface area contributed by atoms with Crippen LogP contribution in [0.3, 0.4) is 0 Å². The number of rotatable bonds is 5. The lowest BCUT2D eigenvalue weighted by Crippen LogP contribution is -2.29. The molecule has 1 aliphatic heterocycles. The van der Waals surface area contributed by atoms with E-state index < -0.39 is 0 Å². The Kier molecular flexibility index (Phi) is 5.68. The second kappa shape index (κ2) is 8.53. The van der Waals surface area contributed by atoms with Crippen molar-refractivity contribution in [1.29, 1.82) is 0 Å². The molecule has 3 aromatic rings. The van der Waals surface area contributed by atoms with Gasteiger partial charge in [0.15, 0.2) is 6.61 Å². The van der Waals surface area contributed by atoms with E-state index in [9.17, 15) is 4.79 Å². The van der Waals surface area contributed by atoms with Crippen molar-refractivity contribution < 1.29 is 9.53 Å². The third kappa shape index (κ3) is 4.39. The molecule has 1 saturated heterocycles. The molecule has 4 rings (SSSR count). The summed E-state index contributed by atoms with van der Waals surface area (Å²) in [7, 11) is 0. The minimum Gasteiger partial charge on any atom is -0.484 e. The molecule has 1 amide bonds. The van der Waals surface area contributed by atoms with Crippen LogP contribution in [0.1, 0.15) is 19.3 Å². The summed E-state index contributed by atoms with van der Waals surface area (Å²) in [5, 5.41) is 5.74. The topological polar surface area (TPSA) is 41.6 Å². The number of halogens is 1. The van der Waals surface area contributed by atoms with E-state index in [0.717, 1.165) is 29.5 Å². The highest BCUT2D eigenvalue weighted by Crippen LogP contribution is 2.30. The zero-order chi connectivity index (χ0) is 19.3. The van der Waals surface area contributed by atoms with Crippen LogP contribution < -0.4 is 15.0 Å². The molecule has 0 aromatic heterocycles. The quantitative estimate of drug-likeness (QED) is 0.621. The molecule has 4 nitrogen and oxygen atoms in total. The second-order valence-corrected chi connectivity index (χ2v) is 7.47. The Balaban J connectivity index is 1.35. The highest BCUT2D eigenvalue weighted by Gasteiger charge is 2.14. The van der Waals surface area contributed by atoms with Crippen LogP contribution in [0.4, 0.5) is 11.4 Å². The maximum absolute atomic E-state index is 12.3. The first-order chi connectivity index (χ1) is 13.7. The van der Waals surface area contributed by atoms with Crippen molar-refractivity contribution in [2.45, 2.75) is 19.3 Å². The molecule has 3 aromatic carbocycles. The predicted molar refractivity (Wildman–Crippen MR) is 116 cm³/mol. The number of carbonyl (C=O) groups is 1. The maximum Gasteiger partial charge on any atom is 0.262 e. The van der Waals surface area contributed by atoms with E-state index in [1.54, 1.807) is 6.07 Å². The van der Waals surface area contributed by atoms with Gasteiger partial charge in [0.2, 0.25) is 0 Å². The molecule has 0 spiro atoms. The summed E-state index contributed by atoms with van der Waals surface area (Å²) in [6, 6.07) is 19.5. The van der Waals surface area contributed by atoms with Crippen molar-refractivity contribution in [2.24, 2.45) is 0 Å². The van der Waals surface area contributed by atoms with Gasteiger partial charge in [-0.05, 0) is 60.4 Å². The number of anilines is 2. The number of hydrogen-bond donors (Lipinski definition) is 1. The van der Waals surface area contributed by atoms with E-state index in [1.807, 2.05) is 54.6 Å². The lowest BCUT2D eigenvalue weighted by molar-refractivity contribution is -0.118. The highest BCUT2D eigenvalue weighted by atomic mass is 35.5. The average Bonchev–Trinajstić information content (AvgIpc) is 2.73. The third-order valence-electron chi connectivity index (χ3n) is 5.02. The van der Waals surface area contributed by atoms with Gasteiger partial charge in [-0.25, -0.2) is 0 Å². The Labute approximate surface area is 170 Å². The third-order valence-corrected chi connectivity index (χ3v) is 5.32. The number of piperidine rings is 1.